The Bertz CT molecular complexity index is 1280. The first-order chi connectivity index (χ1) is 21.3. The second-order valence-corrected chi connectivity index (χ2v) is 14.9. The minimum atomic E-state index is -1.03. The van der Waals surface area contributed by atoms with Crippen molar-refractivity contribution in [3.8, 4) is 0 Å². The SMILES string of the molecule is COCCCn1ncc2ccc(C[C@@H](C[C@H](NC(=O)OC(C)(C)C)[C@@H](O)C[C@H](C(=O)NCC(C)(C)C(N)=O)C(C)C)C(C)C)cc21. The summed E-state index contributed by atoms with van der Waals surface area (Å²) >= 11 is 0. The number of alkyl carbamates (subject to hydrolysis) is 1. The number of ether oxygens (including phenoxy) is 2. The van der Waals surface area contributed by atoms with Gasteiger partial charge in [-0.15, -0.1) is 0 Å². The number of hydrogen-bond donors (Lipinski definition) is 4. The number of hydrogen-bond acceptors (Lipinski definition) is 7. The average Bonchev–Trinajstić information content (AvgIpc) is 3.34. The molecular weight excluding hydrogens is 586 g/mol. The zero-order valence-electron chi connectivity index (χ0n) is 29.7. The van der Waals surface area contributed by atoms with E-state index in [9.17, 15) is 19.5 Å². The van der Waals surface area contributed by atoms with Gasteiger partial charge in [0.2, 0.25) is 11.8 Å². The molecule has 5 N–H and O–H groups in total. The van der Waals surface area contributed by atoms with E-state index in [1.54, 1.807) is 41.7 Å². The number of fused-ring (bicyclic) bond motifs is 1. The molecule has 11 nitrogen and oxygen atoms in total. The number of aliphatic hydroxyl groups excluding tert-OH is 1. The van der Waals surface area contributed by atoms with Crippen LogP contribution in [0.1, 0.15) is 87.1 Å². The van der Waals surface area contributed by atoms with Crippen LogP contribution < -0.4 is 16.4 Å². The van der Waals surface area contributed by atoms with Crippen LogP contribution in [0.4, 0.5) is 4.79 Å². The summed E-state index contributed by atoms with van der Waals surface area (Å²) in [4.78, 5) is 38.1. The summed E-state index contributed by atoms with van der Waals surface area (Å²) in [5.74, 6) is -1.10. The molecule has 0 saturated heterocycles. The summed E-state index contributed by atoms with van der Waals surface area (Å²) in [6.45, 7) is 18.3. The van der Waals surface area contributed by atoms with E-state index in [1.165, 1.54) is 0 Å². The number of nitrogens with one attached hydrogen (secondary N) is 2. The molecule has 46 heavy (non-hydrogen) atoms. The van der Waals surface area contributed by atoms with Gasteiger partial charge in [0.1, 0.15) is 5.60 Å². The minimum absolute atomic E-state index is 0.0884. The molecule has 1 heterocycles. The van der Waals surface area contributed by atoms with E-state index in [0.717, 1.165) is 35.9 Å². The summed E-state index contributed by atoms with van der Waals surface area (Å²) in [7, 11) is 1.69. The Morgan fingerprint density at radius 3 is 2.28 bits per heavy atom. The standard InChI is InChI=1S/C35H59N5O6/c1-22(2)26(16-24-12-13-25-20-38-40(29(25)17-24)14-11-15-45-10)18-28(39-33(44)46-34(5,6)7)30(41)19-27(23(3)4)31(42)37-21-35(8,9)32(36)43/h12-13,17,20,22-23,26-28,30,41H,11,14-16,18-19,21H2,1-10H3,(H2,36,43)(H,37,42)(H,39,44)/t26-,27-,28-,30-/m0/s1. The van der Waals surface area contributed by atoms with E-state index in [0.29, 0.717) is 13.0 Å². The molecular formula is C35H59N5O6. The fraction of sp³-hybridized carbons (Fsp3) is 0.714. The number of primary amides is 1. The van der Waals surface area contributed by atoms with Crippen molar-refractivity contribution in [2.75, 3.05) is 20.3 Å². The number of aryl methyl sites for hydroxylation is 1. The Balaban J connectivity index is 2.31. The highest BCUT2D eigenvalue weighted by Crippen LogP contribution is 2.28. The minimum Gasteiger partial charge on any atom is -0.444 e. The van der Waals surface area contributed by atoms with E-state index >= 15 is 0 Å². The molecule has 0 fully saturated rings. The van der Waals surface area contributed by atoms with Crippen molar-refractivity contribution < 1.29 is 29.0 Å². The van der Waals surface area contributed by atoms with Gasteiger partial charge in [-0.05, 0) is 89.7 Å². The van der Waals surface area contributed by atoms with Gasteiger partial charge in [0, 0.05) is 38.1 Å². The summed E-state index contributed by atoms with van der Waals surface area (Å²) < 4.78 is 12.8. The lowest BCUT2D eigenvalue weighted by molar-refractivity contribution is -0.130. The largest absolute Gasteiger partial charge is 0.444 e. The van der Waals surface area contributed by atoms with Crippen LogP contribution in [-0.4, -0.2) is 70.8 Å². The molecule has 3 amide bonds. The summed E-state index contributed by atoms with van der Waals surface area (Å²) in [6.07, 6.45) is 2.42. The maximum Gasteiger partial charge on any atom is 0.407 e. The lowest BCUT2D eigenvalue weighted by atomic mass is 9.80. The number of nitrogens with two attached hydrogens (primary N) is 1. The predicted molar refractivity (Wildman–Crippen MR) is 181 cm³/mol. The first kappa shape index (κ1) is 39.0. The maximum absolute atomic E-state index is 13.3. The predicted octanol–water partition coefficient (Wildman–Crippen LogP) is 4.82. The maximum atomic E-state index is 13.3. The van der Waals surface area contributed by atoms with Crippen LogP contribution in [0, 0.1) is 29.1 Å². The number of carbonyl (C=O) groups is 3. The molecule has 0 aliphatic rings. The number of aliphatic hydroxyl groups is 1. The Labute approximate surface area is 275 Å². The Morgan fingerprint density at radius 2 is 1.72 bits per heavy atom. The lowest BCUT2D eigenvalue weighted by Crippen LogP contribution is -2.49. The van der Waals surface area contributed by atoms with E-state index < -0.39 is 41.1 Å². The highest BCUT2D eigenvalue weighted by atomic mass is 16.6. The van der Waals surface area contributed by atoms with Gasteiger partial charge < -0.3 is 30.9 Å². The zero-order chi connectivity index (χ0) is 34.8. The van der Waals surface area contributed by atoms with Crippen LogP contribution in [-0.2, 0) is 32.0 Å². The molecule has 1 aromatic heterocycles. The Morgan fingerprint density at radius 1 is 1.04 bits per heavy atom. The van der Waals surface area contributed by atoms with Crippen molar-refractivity contribution in [2.24, 2.45) is 34.8 Å². The van der Waals surface area contributed by atoms with Crippen molar-refractivity contribution in [3.05, 3.63) is 30.0 Å². The topological polar surface area (TPSA) is 158 Å². The molecule has 0 unspecified atom stereocenters. The van der Waals surface area contributed by atoms with E-state index in [2.05, 4.69) is 47.8 Å². The molecule has 260 valence electrons. The van der Waals surface area contributed by atoms with Gasteiger partial charge in [-0.1, -0.05) is 39.8 Å². The summed E-state index contributed by atoms with van der Waals surface area (Å²) in [5.41, 5.74) is 6.06. The Hall–Kier alpha value is -3.18. The van der Waals surface area contributed by atoms with Gasteiger partial charge >= 0.3 is 6.09 Å². The van der Waals surface area contributed by atoms with Crippen molar-refractivity contribution in [3.63, 3.8) is 0 Å². The second-order valence-electron chi connectivity index (χ2n) is 14.9. The molecule has 0 bridgehead atoms. The van der Waals surface area contributed by atoms with E-state index in [1.807, 2.05) is 24.7 Å². The van der Waals surface area contributed by atoms with Gasteiger partial charge in [0.05, 0.1) is 29.3 Å². The van der Waals surface area contributed by atoms with Crippen LogP contribution >= 0.6 is 0 Å². The molecule has 0 aliphatic heterocycles. The van der Waals surface area contributed by atoms with Crippen molar-refractivity contribution in [1.29, 1.82) is 0 Å². The highest BCUT2D eigenvalue weighted by Gasteiger charge is 2.34. The zero-order valence-corrected chi connectivity index (χ0v) is 29.7. The van der Waals surface area contributed by atoms with Crippen LogP contribution in [0.3, 0.4) is 0 Å². The van der Waals surface area contributed by atoms with Crippen molar-refractivity contribution >= 4 is 28.8 Å². The van der Waals surface area contributed by atoms with Gasteiger partial charge in [0.25, 0.3) is 0 Å². The molecule has 2 rings (SSSR count). The highest BCUT2D eigenvalue weighted by molar-refractivity contribution is 5.83. The lowest BCUT2D eigenvalue weighted by Gasteiger charge is -2.33. The van der Waals surface area contributed by atoms with Crippen LogP contribution in [0.5, 0.6) is 0 Å². The number of nitrogens with zero attached hydrogens (tertiary/aromatic N) is 2. The van der Waals surface area contributed by atoms with Crippen molar-refractivity contribution in [1.82, 2.24) is 20.4 Å². The molecule has 1 aromatic carbocycles. The number of carbonyl (C=O) groups excluding carboxylic acids is 3. The van der Waals surface area contributed by atoms with Gasteiger partial charge in [-0.25, -0.2) is 4.79 Å². The fourth-order valence-electron chi connectivity index (χ4n) is 5.40. The number of benzene rings is 1. The number of aromatic nitrogens is 2. The van der Waals surface area contributed by atoms with Gasteiger partial charge in [-0.2, -0.15) is 5.10 Å². The summed E-state index contributed by atoms with van der Waals surface area (Å²) in [6, 6.07) is 5.70. The first-order valence-electron chi connectivity index (χ1n) is 16.5. The van der Waals surface area contributed by atoms with Crippen LogP contribution in [0.15, 0.2) is 24.4 Å². The fourth-order valence-corrected chi connectivity index (χ4v) is 5.40. The molecule has 0 radical (unpaired) electrons. The third-order valence-electron chi connectivity index (χ3n) is 8.60. The molecule has 0 spiro atoms. The van der Waals surface area contributed by atoms with Gasteiger partial charge in [-0.3, -0.25) is 14.3 Å². The number of methoxy groups -OCH3 is 1. The normalized spacial score (nSPS) is 15.1. The second kappa shape index (κ2) is 17.1. The average molecular weight is 646 g/mol. The third kappa shape index (κ3) is 12.2. The van der Waals surface area contributed by atoms with Crippen LogP contribution in [0.2, 0.25) is 0 Å². The quantitative estimate of drug-likeness (QED) is 0.169. The third-order valence-corrected chi connectivity index (χ3v) is 8.60. The monoisotopic (exact) mass is 645 g/mol. The van der Waals surface area contributed by atoms with Gasteiger partial charge in [0.15, 0.2) is 0 Å². The first-order valence-corrected chi connectivity index (χ1v) is 16.5. The number of rotatable bonds is 18. The molecule has 0 aliphatic carbocycles. The smallest absolute Gasteiger partial charge is 0.407 e. The molecule has 2 aromatic rings. The van der Waals surface area contributed by atoms with E-state index in [4.69, 9.17) is 15.2 Å². The molecule has 4 atom stereocenters. The molecule has 11 heteroatoms. The summed E-state index contributed by atoms with van der Waals surface area (Å²) in [5, 5.41) is 23.1. The number of amides is 3. The Kier molecular flexibility index (Phi) is 14.5. The van der Waals surface area contributed by atoms with E-state index in [-0.39, 0.29) is 36.6 Å². The van der Waals surface area contributed by atoms with Crippen LogP contribution in [0.25, 0.3) is 10.9 Å². The van der Waals surface area contributed by atoms with Crippen molar-refractivity contribution in [2.45, 2.75) is 112 Å². The molecule has 0 saturated carbocycles.